The summed E-state index contributed by atoms with van der Waals surface area (Å²) in [5.74, 6) is -1.58. The van der Waals surface area contributed by atoms with E-state index in [1.165, 1.54) is 12.1 Å². The molecule has 0 radical (unpaired) electrons. The van der Waals surface area contributed by atoms with E-state index in [9.17, 15) is 27.2 Å². The number of hydrogen-bond donors (Lipinski definition) is 1. The minimum Gasteiger partial charge on any atom is -0.494 e. The molecule has 3 aromatic rings. The summed E-state index contributed by atoms with van der Waals surface area (Å²) in [6, 6.07) is 11.7. The van der Waals surface area contributed by atoms with Gasteiger partial charge in [0.2, 0.25) is 5.91 Å². The van der Waals surface area contributed by atoms with Crippen molar-refractivity contribution in [1.82, 2.24) is 9.78 Å². The maximum Gasteiger partial charge on any atom is 0.419 e. The Balaban J connectivity index is 1.77. The van der Waals surface area contributed by atoms with Gasteiger partial charge in [-0.1, -0.05) is 0 Å². The molecule has 0 saturated carbocycles. The number of anilines is 1. The lowest BCUT2D eigenvalue weighted by atomic mass is 10.1. The summed E-state index contributed by atoms with van der Waals surface area (Å²) in [6.07, 6.45) is -4.91. The minimum absolute atomic E-state index is 0.255. The van der Waals surface area contributed by atoms with E-state index in [4.69, 9.17) is 4.74 Å². The lowest BCUT2D eigenvalue weighted by Gasteiger charge is -2.12. The van der Waals surface area contributed by atoms with E-state index in [1.807, 2.05) is 6.92 Å². The van der Waals surface area contributed by atoms with Gasteiger partial charge in [-0.25, -0.2) is 9.07 Å². The number of rotatable bonds is 6. The van der Waals surface area contributed by atoms with Crippen molar-refractivity contribution in [3.63, 3.8) is 0 Å². The summed E-state index contributed by atoms with van der Waals surface area (Å²) in [6.45, 7) is 1.82. The number of alkyl halides is 3. The highest BCUT2D eigenvalue weighted by Gasteiger charge is 2.34. The SMILES string of the molecule is CCOc1ccc(-c2ccc(=O)n(CC(=O)Nc3ccc(F)c(C(F)(F)F)c3)n2)cc1. The lowest BCUT2D eigenvalue weighted by Crippen LogP contribution is -2.29. The smallest absolute Gasteiger partial charge is 0.419 e. The van der Waals surface area contributed by atoms with Crippen LogP contribution in [0, 0.1) is 5.82 Å². The van der Waals surface area contributed by atoms with E-state index in [2.05, 4.69) is 10.4 Å². The van der Waals surface area contributed by atoms with Crippen molar-refractivity contribution in [3.8, 4) is 17.0 Å². The highest BCUT2D eigenvalue weighted by atomic mass is 19.4. The van der Waals surface area contributed by atoms with Crippen LogP contribution in [0.5, 0.6) is 5.75 Å². The molecule has 0 fully saturated rings. The van der Waals surface area contributed by atoms with Crippen LogP contribution in [0.3, 0.4) is 0 Å². The van der Waals surface area contributed by atoms with E-state index in [1.54, 1.807) is 24.3 Å². The van der Waals surface area contributed by atoms with Crippen LogP contribution in [-0.2, 0) is 17.5 Å². The second kappa shape index (κ2) is 8.99. The van der Waals surface area contributed by atoms with Crippen molar-refractivity contribution in [3.05, 3.63) is 76.3 Å². The molecule has 2 aromatic carbocycles. The van der Waals surface area contributed by atoms with Crippen LogP contribution < -0.4 is 15.6 Å². The van der Waals surface area contributed by atoms with Gasteiger partial charge in [-0.2, -0.15) is 18.3 Å². The first kappa shape index (κ1) is 22.0. The number of benzene rings is 2. The first-order chi connectivity index (χ1) is 14.7. The molecule has 0 unspecified atom stereocenters. The highest BCUT2D eigenvalue weighted by molar-refractivity contribution is 5.90. The van der Waals surface area contributed by atoms with Crippen molar-refractivity contribution in [2.45, 2.75) is 19.6 Å². The van der Waals surface area contributed by atoms with Gasteiger partial charge in [-0.05, 0) is 55.5 Å². The molecule has 3 rings (SSSR count). The molecular formula is C21H17F4N3O3. The van der Waals surface area contributed by atoms with Crippen molar-refractivity contribution in [1.29, 1.82) is 0 Å². The Morgan fingerprint density at radius 3 is 2.45 bits per heavy atom. The van der Waals surface area contributed by atoms with Gasteiger partial charge in [0.25, 0.3) is 5.56 Å². The Labute approximate surface area is 174 Å². The third-order valence-electron chi connectivity index (χ3n) is 4.18. The molecule has 1 heterocycles. The van der Waals surface area contributed by atoms with Crippen LogP contribution in [-0.4, -0.2) is 22.3 Å². The summed E-state index contributed by atoms with van der Waals surface area (Å²) in [5, 5.41) is 6.35. The van der Waals surface area contributed by atoms with Gasteiger partial charge in [0.15, 0.2) is 0 Å². The molecule has 0 aliphatic carbocycles. The zero-order valence-electron chi connectivity index (χ0n) is 16.2. The molecule has 162 valence electrons. The standard InChI is InChI=1S/C21H17F4N3O3/c1-2-31-15-6-3-13(4-7-15)18-9-10-20(30)28(27-18)12-19(29)26-14-5-8-17(22)16(11-14)21(23,24)25/h3-11H,2,12H2,1H3,(H,26,29). The molecule has 0 spiro atoms. The Morgan fingerprint density at radius 2 is 1.81 bits per heavy atom. The topological polar surface area (TPSA) is 73.2 Å². The number of nitrogens with zero attached hydrogens (tertiary/aromatic N) is 2. The Bertz CT molecular complexity index is 1140. The quantitative estimate of drug-likeness (QED) is 0.592. The number of halogens is 4. The molecule has 10 heteroatoms. The van der Waals surface area contributed by atoms with Crippen LogP contribution in [0.4, 0.5) is 23.2 Å². The summed E-state index contributed by atoms with van der Waals surface area (Å²) >= 11 is 0. The molecule has 1 N–H and O–H groups in total. The van der Waals surface area contributed by atoms with E-state index in [-0.39, 0.29) is 5.69 Å². The molecule has 31 heavy (non-hydrogen) atoms. The monoisotopic (exact) mass is 435 g/mol. The van der Waals surface area contributed by atoms with E-state index in [0.717, 1.165) is 10.7 Å². The van der Waals surface area contributed by atoms with Crippen LogP contribution in [0.2, 0.25) is 0 Å². The number of hydrogen-bond acceptors (Lipinski definition) is 4. The second-order valence-corrected chi connectivity index (χ2v) is 6.41. The third kappa shape index (κ3) is 5.47. The maximum atomic E-state index is 13.4. The minimum atomic E-state index is -4.91. The van der Waals surface area contributed by atoms with Crippen LogP contribution in [0.1, 0.15) is 12.5 Å². The Hall–Kier alpha value is -3.69. The average molecular weight is 435 g/mol. The summed E-state index contributed by atoms with van der Waals surface area (Å²) < 4.78 is 58.1. The predicted octanol–water partition coefficient (Wildman–Crippen LogP) is 4.11. The number of carbonyl (C=O) groups is 1. The van der Waals surface area contributed by atoms with Crippen LogP contribution >= 0.6 is 0 Å². The van der Waals surface area contributed by atoms with E-state index >= 15 is 0 Å². The van der Waals surface area contributed by atoms with Crippen LogP contribution in [0.15, 0.2) is 59.4 Å². The summed E-state index contributed by atoms with van der Waals surface area (Å²) in [4.78, 5) is 24.3. The van der Waals surface area contributed by atoms with E-state index < -0.39 is 35.6 Å². The Kier molecular flexibility index (Phi) is 6.38. The molecule has 1 amide bonds. The number of ether oxygens (including phenoxy) is 1. The number of carbonyl (C=O) groups excluding carboxylic acids is 1. The van der Waals surface area contributed by atoms with Gasteiger partial charge in [0, 0.05) is 17.3 Å². The number of amides is 1. The largest absolute Gasteiger partial charge is 0.494 e. The number of aromatic nitrogens is 2. The fourth-order valence-corrected chi connectivity index (χ4v) is 2.76. The molecule has 0 saturated heterocycles. The van der Waals surface area contributed by atoms with Gasteiger partial charge in [-0.3, -0.25) is 9.59 Å². The first-order valence-corrected chi connectivity index (χ1v) is 9.15. The fraction of sp³-hybridized carbons (Fsp3) is 0.190. The molecule has 0 bridgehead atoms. The van der Waals surface area contributed by atoms with Gasteiger partial charge in [-0.15, -0.1) is 0 Å². The van der Waals surface area contributed by atoms with Gasteiger partial charge >= 0.3 is 6.18 Å². The van der Waals surface area contributed by atoms with Crippen molar-refractivity contribution in [2.75, 3.05) is 11.9 Å². The van der Waals surface area contributed by atoms with Gasteiger partial charge < -0.3 is 10.1 Å². The fourth-order valence-electron chi connectivity index (χ4n) is 2.76. The number of nitrogens with one attached hydrogen (secondary N) is 1. The van der Waals surface area contributed by atoms with Crippen molar-refractivity contribution in [2.24, 2.45) is 0 Å². The average Bonchev–Trinajstić information content (AvgIpc) is 2.71. The molecule has 0 aliphatic rings. The summed E-state index contributed by atoms with van der Waals surface area (Å²) in [7, 11) is 0. The second-order valence-electron chi connectivity index (χ2n) is 6.41. The zero-order chi connectivity index (χ0) is 22.6. The lowest BCUT2D eigenvalue weighted by molar-refractivity contribution is -0.140. The van der Waals surface area contributed by atoms with E-state index in [0.29, 0.717) is 35.7 Å². The first-order valence-electron chi connectivity index (χ1n) is 9.15. The molecular weight excluding hydrogens is 418 g/mol. The zero-order valence-corrected chi connectivity index (χ0v) is 16.2. The van der Waals surface area contributed by atoms with Crippen LogP contribution in [0.25, 0.3) is 11.3 Å². The van der Waals surface area contributed by atoms with Gasteiger partial charge in [0.05, 0.1) is 17.9 Å². The van der Waals surface area contributed by atoms with Crippen molar-refractivity contribution < 1.29 is 27.1 Å². The summed E-state index contributed by atoms with van der Waals surface area (Å²) in [5.41, 5.74) is -1.24. The molecule has 1 aromatic heterocycles. The van der Waals surface area contributed by atoms with Gasteiger partial charge in [0.1, 0.15) is 18.1 Å². The highest BCUT2D eigenvalue weighted by Crippen LogP contribution is 2.33. The molecule has 0 atom stereocenters. The predicted molar refractivity (Wildman–Crippen MR) is 105 cm³/mol. The van der Waals surface area contributed by atoms with Crippen molar-refractivity contribution >= 4 is 11.6 Å². The normalized spacial score (nSPS) is 11.3. The molecule has 0 aliphatic heterocycles. The molecule has 6 nitrogen and oxygen atoms in total. The third-order valence-corrected chi connectivity index (χ3v) is 4.18. The maximum absolute atomic E-state index is 13.4. The Morgan fingerprint density at radius 1 is 1.10 bits per heavy atom.